The summed E-state index contributed by atoms with van der Waals surface area (Å²) < 4.78 is 37.9. The number of oxime groups is 1. The fourth-order valence-electron chi connectivity index (χ4n) is 5.25. The smallest absolute Gasteiger partial charge is 0.477 e. The number of aliphatic carboxylic acids is 1. The molecule has 2 atom stereocenters. The number of rotatable bonds is 7. The average Bonchev–Trinajstić information content (AvgIpc) is 3.63. The molecular weight excluding hydrogens is 665 g/mol. The van der Waals surface area contributed by atoms with Gasteiger partial charge in [-0.05, 0) is 41.0 Å². The molecule has 3 aliphatic heterocycles. The Hall–Kier alpha value is -5.23. The normalized spacial score (nSPS) is 20.8. The Morgan fingerprint density at radius 1 is 1.15 bits per heavy atom. The Morgan fingerprint density at radius 3 is 2.57 bits per heavy atom. The van der Waals surface area contributed by atoms with Crippen LogP contribution in [0.3, 0.4) is 0 Å². The van der Waals surface area contributed by atoms with Gasteiger partial charge in [0.05, 0.1) is 0 Å². The number of halogens is 3. The minimum absolute atomic E-state index is 0.0575. The van der Waals surface area contributed by atoms with E-state index >= 15 is 0 Å². The van der Waals surface area contributed by atoms with Gasteiger partial charge >= 0.3 is 18.1 Å². The molecule has 3 amide bonds. The first-order valence-electron chi connectivity index (χ1n) is 13.6. The maximum absolute atomic E-state index is 13.4. The summed E-state index contributed by atoms with van der Waals surface area (Å²) in [4.78, 5) is 73.4. The number of nitrogens with one attached hydrogen (secondary N) is 1. The van der Waals surface area contributed by atoms with Crippen LogP contribution in [0.1, 0.15) is 12.1 Å². The molecule has 2 aromatic carbocycles. The number of nitrogens with two attached hydrogens (primary N) is 1. The number of carboxylic acid groups (broad SMARTS) is 1. The van der Waals surface area contributed by atoms with Gasteiger partial charge in [-0.25, -0.2) is 14.6 Å². The molecular formula is C29H21F3N6O7S2. The van der Waals surface area contributed by atoms with Crippen molar-refractivity contribution in [1.82, 2.24) is 15.2 Å². The molecule has 3 aromatic rings. The van der Waals surface area contributed by atoms with Crippen molar-refractivity contribution < 1.29 is 47.1 Å². The van der Waals surface area contributed by atoms with Crippen LogP contribution in [0.5, 0.6) is 0 Å². The monoisotopic (exact) mass is 686 g/mol. The second-order valence-electron chi connectivity index (χ2n) is 10.3. The molecule has 1 aromatic heterocycles. The van der Waals surface area contributed by atoms with Crippen LogP contribution in [0, 0.1) is 0 Å². The molecule has 13 nitrogen and oxygen atoms in total. The number of nitrogen functional groups attached to an aromatic ring is 1. The van der Waals surface area contributed by atoms with Crippen LogP contribution in [0.2, 0.25) is 0 Å². The molecule has 4 heterocycles. The van der Waals surface area contributed by atoms with Crippen LogP contribution in [-0.4, -0.2) is 80.3 Å². The van der Waals surface area contributed by atoms with Crippen molar-refractivity contribution >= 4 is 80.1 Å². The standard InChI is InChI=1S/C29H21F3N6O7S2/c30-29(31,32)27(44)45-36-19(18-12-47-28(33)34-18)22(39)35-20-24(41)38-21(26(42)43)16(11-46-25(20)38)9-15-7-8-37(23(15)40)17-6-5-13-3-1-2-4-14(13)10-17/h1-6,9-10,12,20,25H,7-8,11H2,(H2,33,34)(H,35,39)(H,42,43)/b15-9+,36-19-/t20-,25-/m1/s1. The summed E-state index contributed by atoms with van der Waals surface area (Å²) in [7, 11) is 0. The molecule has 0 spiro atoms. The third-order valence-electron chi connectivity index (χ3n) is 7.44. The van der Waals surface area contributed by atoms with E-state index in [4.69, 9.17) is 5.73 Å². The Labute approximate surface area is 270 Å². The van der Waals surface area contributed by atoms with Crippen molar-refractivity contribution in [3.05, 3.63) is 76.5 Å². The molecule has 0 bridgehead atoms. The molecule has 2 fully saturated rings. The van der Waals surface area contributed by atoms with Gasteiger partial charge in [0.15, 0.2) is 10.8 Å². The lowest BCUT2D eigenvalue weighted by Crippen LogP contribution is -2.71. The number of carbonyl (C=O) groups is 5. The number of alkyl halides is 3. The van der Waals surface area contributed by atoms with Gasteiger partial charge in [-0.3, -0.25) is 19.3 Å². The Morgan fingerprint density at radius 2 is 1.89 bits per heavy atom. The summed E-state index contributed by atoms with van der Waals surface area (Å²) in [6.45, 7) is 0.373. The third kappa shape index (κ3) is 6.03. The Kier molecular flexibility index (Phi) is 8.22. The van der Waals surface area contributed by atoms with Gasteiger partial charge in [0, 0.05) is 28.9 Å². The molecule has 3 aliphatic rings. The Balaban J connectivity index is 1.21. The second kappa shape index (κ2) is 12.2. The van der Waals surface area contributed by atoms with E-state index in [1.54, 1.807) is 4.90 Å². The van der Waals surface area contributed by atoms with E-state index in [0.717, 1.165) is 38.8 Å². The topological polar surface area (TPSA) is 185 Å². The number of amides is 3. The fourth-order valence-corrected chi connectivity index (χ4v) is 7.11. The molecule has 4 N–H and O–H groups in total. The zero-order chi connectivity index (χ0) is 33.6. The minimum atomic E-state index is -5.40. The van der Waals surface area contributed by atoms with Crippen molar-refractivity contribution in [2.45, 2.75) is 24.0 Å². The van der Waals surface area contributed by atoms with Gasteiger partial charge in [-0.15, -0.1) is 23.1 Å². The van der Waals surface area contributed by atoms with Crippen molar-refractivity contribution in [3.63, 3.8) is 0 Å². The number of benzene rings is 2. The SMILES string of the molecule is Nc1nc(/C(=N/OC(=O)C(F)(F)F)C(=O)N[C@@H]2C(=O)N3C(C(=O)O)=C(/C=C4\CCN(c5ccc6ccccc6c5)C4=O)CS[C@H]23)cs1. The number of carbonyl (C=O) groups excluding carboxylic acids is 4. The number of β-lactam (4-membered cyclic amide) rings is 1. The van der Waals surface area contributed by atoms with Gasteiger partial charge < -0.3 is 25.9 Å². The lowest BCUT2D eigenvalue weighted by atomic mass is 10.0. The highest BCUT2D eigenvalue weighted by atomic mass is 32.2. The van der Waals surface area contributed by atoms with Crippen molar-refractivity contribution in [1.29, 1.82) is 0 Å². The van der Waals surface area contributed by atoms with Crippen LogP contribution in [0.4, 0.5) is 24.0 Å². The number of allylic oxidation sites excluding steroid dienone is 1. The van der Waals surface area contributed by atoms with Gasteiger partial charge in [-0.1, -0.05) is 35.5 Å². The number of carboxylic acids is 1. The van der Waals surface area contributed by atoms with E-state index in [0.29, 0.717) is 24.2 Å². The molecule has 0 saturated carbocycles. The summed E-state index contributed by atoms with van der Waals surface area (Å²) in [6.07, 6.45) is -3.59. The van der Waals surface area contributed by atoms with Crippen molar-refractivity contribution in [2.24, 2.45) is 5.16 Å². The summed E-state index contributed by atoms with van der Waals surface area (Å²) >= 11 is 1.93. The number of fused-ring (bicyclic) bond motifs is 2. The largest absolute Gasteiger partial charge is 0.493 e. The van der Waals surface area contributed by atoms with Gasteiger partial charge in [0.25, 0.3) is 17.7 Å². The number of thiazole rings is 1. The number of thioether (sulfide) groups is 1. The van der Waals surface area contributed by atoms with Crippen molar-refractivity contribution in [2.75, 3.05) is 22.9 Å². The molecule has 0 radical (unpaired) electrons. The molecule has 18 heteroatoms. The van der Waals surface area contributed by atoms with E-state index < -0.39 is 47.1 Å². The van der Waals surface area contributed by atoms with E-state index in [1.165, 1.54) is 11.5 Å². The highest BCUT2D eigenvalue weighted by Gasteiger charge is 2.54. The quantitative estimate of drug-likeness (QED) is 0.110. The molecule has 242 valence electrons. The molecule has 0 aliphatic carbocycles. The number of nitrogens with zero attached hydrogens (tertiary/aromatic N) is 4. The van der Waals surface area contributed by atoms with Gasteiger partial charge in [-0.2, -0.15) is 13.2 Å². The summed E-state index contributed by atoms with van der Waals surface area (Å²) in [5, 5.41) is 17.5. The lowest BCUT2D eigenvalue weighted by molar-refractivity contribution is -0.199. The van der Waals surface area contributed by atoms with Crippen LogP contribution in [0.15, 0.2) is 75.9 Å². The molecule has 2 saturated heterocycles. The number of aromatic nitrogens is 1. The number of anilines is 2. The zero-order valence-corrected chi connectivity index (χ0v) is 25.3. The molecule has 0 unspecified atom stereocenters. The van der Waals surface area contributed by atoms with Crippen molar-refractivity contribution in [3.8, 4) is 0 Å². The molecule has 6 rings (SSSR count). The first kappa shape index (κ1) is 31.7. The zero-order valence-electron chi connectivity index (χ0n) is 23.7. The average molecular weight is 687 g/mol. The predicted octanol–water partition coefficient (Wildman–Crippen LogP) is 2.79. The van der Waals surface area contributed by atoms with Crippen LogP contribution in [-0.2, 0) is 28.8 Å². The maximum atomic E-state index is 13.4. The molecule has 47 heavy (non-hydrogen) atoms. The second-order valence-corrected chi connectivity index (χ2v) is 12.3. The van der Waals surface area contributed by atoms with E-state index in [1.807, 2.05) is 42.5 Å². The van der Waals surface area contributed by atoms with E-state index in [-0.39, 0.29) is 33.8 Å². The van der Waals surface area contributed by atoms with Crippen LogP contribution < -0.4 is 16.0 Å². The number of hydrogen-bond acceptors (Lipinski definition) is 11. The maximum Gasteiger partial charge on any atom is 0.493 e. The minimum Gasteiger partial charge on any atom is -0.477 e. The summed E-state index contributed by atoms with van der Waals surface area (Å²) in [5.74, 6) is -6.42. The predicted molar refractivity (Wildman–Crippen MR) is 164 cm³/mol. The van der Waals surface area contributed by atoms with E-state index in [2.05, 4.69) is 20.3 Å². The first-order chi connectivity index (χ1) is 22.3. The van der Waals surface area contributed by atoms with E-state index in [9.17, 15) is 42.3 Å². The highest BCUT2D eigenvalue weighted by Crippen LogP contribution is 2.41. The lowest BCUT2D eigenvalue weighted by Gasteiger charge is -2.49. The van der Waals surface area contributed by atoms with Crippen LogP contribution in [0.25, 0.3) is 10.8 Å². The van der Waals surface area contributed by atoms with Gasteiger partial charge in [0.1, 0.15) is 22.8 Å². The van der Waals surface area contributed by atoms with Crippen LogP contribution >= 0.6 is 23.1 Å². The summed E-state index contributed by atoms with van der Waals surface area (Å²) in [5.41, 5.74) is 5.27. The first-order valence-corrected chi connectivity index (χ1v) is 15.6. The summed E-state index contributed by atoms with van der Waals surface area (Å²) in [6, 6.07) is 12.0. The van der Waals surface area contributed by atoms with Gasteiger partial charge in [0.2, 0.25) is 0 Å². The highest BCUT2D eigenvalue weighted by molar-refractivity contribution is 8.00. The Bertz CT molecular complexity index is 1960. The third-order valence-corrected chi connectivity index (χ3v) is 9.41. The number of hydrogen-bond donors (Lipinski definition) is 3. The fraction of sp³-hybridized carbons (Fsp3) is 0.207.